The number of benzene rings is 2. The minimum atomic E-state index is -4.28. The molecule has 156 valence electrons. The van der Waals surface area contributed by atoms with Crippen LogP contribution in [-0.4, -0.2) is 31.1 Å². The summed E-state index contributed by atoms with van der Waals surface area (Å²) in [6.45, 7) is 0. The second-order valence-corrected chi connectivity index (χ2v) is 9.17. The van der Waals surface area contributed by atoms with E-state index in [2.05, 4.69) is 0 Å². The maximum absolute atomic E-state index is 12.1. The van der Waals surface area contributed by atoms with Crippen molar-refractivity contribution >= 4 is 43.6 Å². The van der Waals surface area contributed by atoms with Crippen LogP contribution in [0.3, 0.4) is 0 Å². The van der Waals surface area contributed by atoms with Crippen LogP contribution in [0, 0.1) is 0 Å². The standard InChI is InChI=1S/C18H21N3O6S2/c1-26-17-5-3-13(11-15(17)19)7-9-28(22,23)21-29(24,25)10-8-14-4-6-18(27-2)16(20)12-14/h3-12,21H,19-20H2,1-2H3. The van der Waals surface area contributed by atoms with Gasteiger partial charge in [-0.25, -0.2) is 16.8 Å². The summed E-state index contributed by atoms with van der Waals surface area (Å²) in [5.41, 5.74) is 13.0. The lowest BCUT2D eigenvalue weighted by molar-refractivity contribution is 0.417. The number of anilines is 2. The molecule has 2 rings (SSSR count). The normalized spacial score (nSPS) is 12.5. The van der Waals surface area contributed by atoms with Gasteiger partial charge in [-0.15, -0.1) is 4.13 Å². The average molecular weight is 440 g/mol. The summed E-state index contributed by atoms with van der Waals surface area (Å²) in [5.74, 6) is 0.880. The van der Waals surface area contributed by atoms with Crippen molar-refractivity contribution in [1.82, 2.24) is 4.13 Å². The van der Waals surface area contributed by atoms with Crippen LogP contribution in [0.4, 0.5) is 11.4 Å². The molecule has 0 atom stereocenters. The predicted octanol–water partition coefficient (Wildman–Crippen LogP) is 1.76. The van der Waals surface area contributed by atoms with Crippen molar-refractivity contribution in [2.75, 3.05) is 25.7 Å². The first-order valence-corrected chi connectivity index (χ1v) is 11.2. The molecule has 5 N–H and O–H groups in total. The molecule has 0 saturated heterocycles. The zero-order valence-electron chi connectivity index (χ0n) is 15.7. The van der Waals surface area contributed by atoms with Gasteiger partial charge in [-0.1, -0.05) is 12.1 Å². The number of hydrogen-bond donors (Lipinski definition) is 3. The Bertz CT molecular complexity index is 1060. The van der Waals surface area contributed by atoms with Gasteiger partial charge in [0.25, 0.3) is 0 Å². The number of ether oxygens (including phenoxy) is 2. The predicted molar refractivity (Wildman–Crippen MR) is 114 cm³/mol. The van der Waals surface area contributed by atoms with Gasteiger partial charge in [-0.05, 0) is 47.5 Å². The summed E-state index contributed by atoms with van der Waals surface area (Å²) in [7, 11) is -5.65. The Morgan fingerprint density at radius 1 is 0.759 bits per heavy atom. The zero-order valence-corrected chi connectivity index (χ0v) is 17.3. The summed E-state index contributed by atoms with van der Waals surface area (Å²) in [4.78, 5) is 0. The number of rotatable bonds is 8. The van der Waals surface area contributed by atoms with E-state index in [0.717, 1.165) is 10.8 Å². The molecule has 2 aromatic rings. The topological polar surface area (TPSA) is 151 Å². The number of nitrogens with one attached hydrogen (secondary N) is 1. The molecule has 11 heteroatoms. The molecule has 0 unspecified atom stereocenters. The van der Waals surface area contributed by atoms with Crippen LogP contribution in [0.2, 0.25) is 0 Å². The lowest BCUT2D eigenvalue weighted by Crippen LogP contribution is -2.26. The van der Waals surface area contributed by atoms with Gasteiger partial charge in [0, 0.05) is 10.8 Å². The number of sulfonamides is 2. The SMILES string of the molecule is COc1ccc(C=CS(=O)(=O)NS(=O)(=O)C=Cc2ccc(OC)c(N)c2)cc1N. The highest BCUT2D eigenvalue weighted by molar-refractivity contribution is 8.07. The van der Waals surface area contributed by atoms with Gasteiger partial charge in [0.2, 0.25) is 20.0 Å². The van der Waals surface area contributed by atoms with Crippen LogP contribution in [0.5, 0.6) is 11.5 Å². The maximum atomic E-state index is 12.1. The van der Waals surface area contributed by atoms with Crippen molar-refractivity contribution in [1.29, 1.82) is 0 Å². The van der Waals surface area contributed by atoms with Crippen LogP contribution in [-0.2, 0) is 20.0 Å². The molecule has 0 saturated carbocycles. The molecule has 0 aromatic heterocycles. The van der Waals surface area contributed by atoms with Crippen LogP contribution >= 0.6 is 0 Å². The van der Waals surface area contributed by atoms with E-state index in [1.54, 1.807) is 28.4 Å². The smallest absolute Gasteiger partial charge is 0.246 e. The fourth-order valence-corrected chi connectivity index (χ4v) is 4.68. The first kappa shape index (κ1) is 22.3. The van der Waals surface area contributed by atoms with Crippen LogP contribution in [0.15, 0.2) is 47.2 Å². The largest absolute Gasteiger partial charge is 0.495 e. The Morgan fingerprint density at radius 2 is 1.14 bits per heavy atom. The van der Waals surface area contributed by atoms with Gasteiger partial charge in [0.1, 0.15) is 11.5 Å². The monoisotopic (exact) mass is 439 g/mol. The van der Waals surface area contributed by atoms with E-state index in [1.807, 2.05) is 0 Å². The summed E-state index contributed by atoms with van der Waals surface area (Å²) in [6.07, 6.45) is 2.42. The van der Waals surface area contributed by atoms with Gasteiger partial charge in [-0.3, -0.25) is 0 Å². The number of hydrogen-bond acceptors (Lipinski definition) is 8. The number of nitrogens with two attached hydrogens (primary N) is 2. The molecule has 0 aliphatic carbocycles. The minimum absolute atomic E-state index is 0.314. The van der Waals surface area contributed by atoms with Crippen LogP contribution in [0.25, 0.3) is 12.2 Å². The third kappa shape index (κ3) is 6.52. The van der Waals surface area contributed by atoms with Crippen molar-refractivity contribution in [3.8, 4) is 11.5 Å². The molecule has 0 heterocycles. The zero-order chi connectivity index (χ0) is 21.7. The molecule has 0 bridgehead atoms. The van der Waals surface area contributed by atoms with Crippen molar-refractivity contribution in [2.45, 2.75) is 0 Å². The van der Waals surface area contributed by atoms with E-state index in [0.29, 0.717) is 34.0 Å². The van der Waals surface area contributed by atoms with E-state index in [4.69, 9.17) is 20.9 Å². The summed E-state index contributed by atoms with van der Waals surface area (Å²) >= 11 is 0. The van der Waals surface area contributed by atoms with Crippen molar-refractivity contribution in [2.24, 2.45) is 0 Å². The molecule has 9 nitrogen and oxygen atoms in total. The Hall–Kier alpha value is -3.02. The quantitative estimate of drug-likeness (QED) is 0.526. The summed E-state index contributed by atoms with van der Waals surface area (Å²) < 4.78 is 59.9. The second-order valence-electron chi connectivity index (χ2n) is 5.78. The molecule has 0 fully saturated rings. The molecular formula is C18H21N3O6S2. The number of nitrogen functional groups attached to an aromatic ring is 2. The Balaban J connectivity index is 2.13. The third-order valence-electron chi connectivity index (χ3n) is 3.62. The van der Waals surface area contributed by atoms with Crippen molar-refractivity contribution in [3.63, 3.8) is 0 Å². The average Bonchev–Trinajstić information content (AvgIpc) is 2.64. The molecule has 0 amide bonds. The molecule has 2 aromatic carbocycles. The summed E-state index contributed by atoms with van der Waals surface area (Å²) in [5, 5.41) is 1.45. The molecular weight excluding hydrogens is 418 g/mol. The second kappa shape index (κ2) is 8.99. The first-order valence-electron chi connectivity index (χ1n) is 8.07. The third-order valence-corrected chi connectivity index (χ3v) is 6.47. The molecule has 0 radical (unpaired) electrons. The van der Waals surface area contributed by atoms with Gasteiger partial charge >= 0.3 is 0 Å². The minimum Gasteiger partial charge on any atom is -0.495 e. The van der Waals surface area contributed by atoms with E-state index in [9.17, 15) is 16.8 Å². The fraction of sp³-hybridized carbons (Fsp3) is 0.111. The highest BCUT2D eigenvalue weighted by Crippen LogP contribution is 2.23. The van der Waals surface area contributed by atoms with Gasteiger partial charge < -0.3 is 20.9 Å². The summed E-state index contributed by atoms with van der Waals surface area (Å²) in [6, 6.07) is 9.26. The molecule has 0 spiro atoms. The van der Waals surface area contributed by atoms with Gasteiger partial charge in [-0.2, -0.15) is 0 Å². The number of methoxy groups -OCH3 is 2. The Labute approximate surface area is 169 Å². The van der Waals surface area contributed by atoms with Crippen molar-refractivity contribution in [3.05, 3.63) is 58.3 Å². The van der Waals surface area contributed by atoms with Gasteiger partial charge in [0.15, 0.2) is 0 Å². The highest BCUT2D eigenvalue weighted by Gasteiger charge is 2.15. The Morgan fingerprint density at radius 3 is 1.45 bits per heavy atom. The fourth-order valence-electron chi connectivity index (χ4n) is 2.27. The van der Waals surface area contributed by atoms with Crippen molar-refractivity contribution < 1.29 is 26.3 Å². The van der Waals surface area contributed by atoms with Crippen LogP contribution in [0.1, 0.15) is 11.1 Å². The maximum Gasteiger partial charge on any atom is 0.246 e. The molecule has 0 aliphatic rings. The van der Waals surface area contributed by atoms with Gasteiger partial charge in [0.05, 0.1) is 25.6 Å². The highest BCUT2D eigenvalue weighted by atomic mass is 32.3. The molecule has 29 heavy (non-hydrogen) atoms. The van der Waals surface area contributed by atoms with E-state index in [-0.39, 0.29) is 0 Å². The van der Waals surface area contributed by atoms with E-state index in [1.165, 1.54) is 38.5 Å². The molecule has 0 aliphatic heterocycles. The Kier molecular flexibility index (Phi) is 6.90. The first-order chi connectivity index (χ1) is 13.5. The van der Waals surface area contributed by atoms with Crippen LogP contribution < -0.4 is 25.1 Å². The lowest BCUT2D eigenvalue weighted by Gasteiger charge is -2.05. The van der Waals surface area contributed by atoms with E-state index >= 15 is 0 Å². The van der Waals surface area contributed by atoms with E-state index < -0.39 is 20.0 Å². The lowest BCUT2D eigenvalue weighted by atomic mass is 10.2.